The largest absolute Gasteiger partial charge is 0.356 e. The van der Waals surface area contributed by atoms with Crippen molar-refractivity contribution in [3.63, 3.8) is 0 Å². The van der Waals surface area contributed by atoms with Crippen molar-refractivity contribution in [2.24, 2.45) is 0 Å². The van der Waals surface area contributed by atoms with Gasteiger partial charge in [0.05, 0.1) is 6.42 Å². The van der Waals surface area contributed by atoms with Gasteiger partial charge >= 0.3 is 0 Å². The van der Waals surface area contributed by atoms with E-state index in [-0.39, 0.29) is 5.91 Å². The summed E-state index contributed by atoms with van der Waals surface area (Å²) in [4.78, 5) is 21.2. The molecule has 0 unspecified atom stereocenters. The summed E-state index contributed by atoms with van der Waals surface area (Å²) in [5, 5.41) is 8.11. The first kappa shape index (κ1) is 18.4. The number of rotatable bonds is 7. The number of nitrogens with one attached hydrogen (secondary N) is 1. The molecule has 7 heteroatoms. The van der Waals surface area contributed by atoms with Crippen LogP contribution in [0.3, 0.4) is 0 Å². The van der Waals surface area contributed by atoms with Gasteiger partial charge in [0.2, 0.25) is 11.1 Å². The minimum absolute atomic E-state index is 0.00983. The van der Waals surface area contributed by atoms with Gasteiger partial charge < -0.3 is 5.32 Å². The van der Waals surface area contributed by atoms with Gasteiger partial charge in [0, 0.05) is 23.5 Å². The van der Waals surface area contributed by atoms with Crippen molar-refractivity contribution in [2.75, 3.05) is 12.8 Å². The summed E-state index contributed by atoms with van der Waals surface area (Å²) in [5.74, 6) is 0.590. The summed E-state index contributed by atoms with van der Waals surface area (Å²) in [6, 6.07) is 10.3. The van der Waals surface area contributed by atoms with Crippen molar-refractivity contribution in [2.45, 2.75) is 38.3 Å². The third-order valence-electron chi connectivity index (χ3n) is 4.36. The number of aryl methyl sites for hydroxylation is 3. The topological polar surface area (TPSA) is 72.2 Å². The molecule has 0 saturated carbocycles. The first-order chi connectivity index (χ1) is 12.6. The van der Waals surface area contributed by atoms with Gasteiger partial charge in [0.25, 0.3) is 5.78 Å². The van der Waals surface area contributed by atoms with E-state index in [1.165, 1.54) is 17.3 Å². The molecule has 2 heterocycles. The minimum Gasteiger partial charge on any atom is -0.356 e. The standard InChI is InChI=1S/C19H23N5OS/c1-13-16(14(2)24-18(21-13)22-19(23-24)26-3)12-17(25)20-11-7-10-15-8-5-4-6-9-15/h4-6,8-9H,7,10-12H2,1-3H3,(H,20,25). The lowest BCUT2D eigenvalue weighted by molar-refractivity contribution is -0.120. The van der Waals surface area contributed by atoms with E-state index in [4.69, 9.17) is 0 Å². The number of thioether (sulfide) groups is 1. The summed E-state index contributed by atoms with van der Waals surface area (Å²) in [6.07, 6.45) is 4.12. The van der Waals surface area contributed by atoms with Crippen LogP contribution < -0.4 is 5.32 Å². The van der Waals surface area contributed by atoms with Gasteiger partial charge in [0.1, 0.15) is 0 Å². The summed E-state index contributed by atoms with van der Waals surface area (Å²) < 4.78 is 1.72. The van der Waals surface area contributed by atoms with Gasteiger partial charge in [-0.2, -0.15) is 4.98 Å². The summed E-state index contributed by atoms with van der Waals surface area (Å²) >= 11 is 1.48. The highest BCUT2D eigenvalue weighted by molar-refractivity contribution is 7.98. The molecular formula is C19H23N5OS. The van der Waals surface area contributed by atoms with Gasteiger partial charge in [-0.1, -0.05) is 42.1 Å². The smallest absolute Gasteiger partial charge is 0.253 e. The number of amides is 1. The fourth-order valence-corrected chi connectivity index (χ4v) is 3.26. The van der Waals surface area contributed by atoms with Crippen LogP contribution >= 0.6 is 11.8 Å². The fraction of sp³-hybridized carbons (Fsp3) is 0.368. The molecule has 2 aromatic heterocycles. The molecule has 1 amide bonds. The molecule has 0 bridgehead atoms. The van der Waals surface area contributed by atoms with Gasteiger partial charge in [-0.3, -0.25) is 4.79 Å². The summed E-state index contributed by atoms with van der Waals surface area (Å²) in [5.41, 5.74) is 3.95. The molecule has 6 nitrogen and oxygen atoms in total. The second kappa shape index (κ2) is 8.31. The molecule has 3 aromatic rings. The lowest BCUT2D eigenvalue weighted by Crippen LogP contribution is -2.27. The Balaban J connectivity index is 1.60. The Labute approximate surface area is 157 Å². The Morgan fingerprint density at radius 3 is 2.69 bits per heavy atom. The molecule has 1 aromatic carbocycles. The number of fused-ring (bicyclic) bond motifs is 1. The second-order valence-electron chi connectivity index (χ2n) is 6.19. The molecule has 0 fully saturated rings. The van der Waals surface area contributed by atoms with Crippen LogP contribution in [0.4, 0.5) is 0 Å². The van der Waals surface area contributed by atoms with E-state index in [0.29, 0.717) is 23.9 Å². The first-order valence-corrected chi connectivity index (χ1v) is 9.88. The Hall–Kier alpha value is -2.41. The monoisotopic (exact) mass is 369 g/mol. The van der Waals surface area contributed by atoms with Crippen molar-refractivity contribution in [1.82, 2.24) is 24.9 Å². The predicted octanol–water partition coefficient (Wildman–Crippen LogP) is 2.75. The fourth-order valence-electron chi connectivity index (χ4n) is 2.92. The van der Waals surface area contributed by atoms with E-state index in [1.54, 1.807) is 4.52 Å². The van der Waals surface area contributed by atoms with Crippen LogP contribution in [0.2, 0.25) is 0 Å². The highest BCUT2D eigenvalue weighted by Gasteiger charge is 2.15. The van der Waals surface area contributed by atoms with Gasteiger partial charge in [-0.15, -0.1) is 5.10 Å². The van der Waals surface area contributed by atoms with Crippen LogP contribution in [0.15, 0.2) is 35.5 Å². The molecule has 0 spiro atoms. The third-order valence-corrected chi connectivity index (χ3v) is 4.89. The van der Waals surface area contributed by atoms with E-state index in [1.807, 2.05) is 38.3 Å². The minimum atomic E-state index is 0.00983. The Kier molecular flexibility index (Phi) is 5.88. The quantitative estimate of drug-likeness (QED) is 0.512. The Bertz CT molecular complexity index is 907. The number of hydrogen-bond acceptors (Lipinski definition) is 5. The van der Waals surface area contributed by atoms with Gasteiger partial charge in [-0.05, 0) is 38.5 Å². The van der Waals surface area contributed by atoms with Crippen molar-refractivity contribution in [1.29, 1.82) is 0 Å². The molecule has 0 saturated heterocycles. The number of carbonyl (C=O) groups is 1. The highest BCUT2D eigenvalue weighted by Crippen LogP contribution is 2.17. The zero-order chi connectivity index (χ0) is 18.5. The number of aromatic nitrogens is 4. The molecule has 3 rings (SSSR count). The van der Waals surface area contributed by atoms with Crippen LogP contribution in [0, 0.1) is 13.8 Å². The lowest BCUT2D eigenvalue weighted by Gasteiger charge is -2.10. The number of carbonyl (C=O) groups excluding carboxylic acids is 1. The van der Waals surface area contributed by atoms with E-state index >= 15 is 0 Å². The molecule has 136 valence electrons. The van der Waals surface area contributed by atoms with Crippen LogP contribution in [0.5, 0.6) is 0 Å². The van der Waals surface area contributed by atoms with Crippen LogP contribution in [0.25, 0.3) is 5.78 Å². The Morgan fingerprint density at radius 2 is 1.96 bits per heavy atom. The number of nitrogens with zero attached hydrogens (tertiary/aromatic N) is 4. The van der Waals surface area contributed by atoms with Crippen LogP contribution in [-0.4, -0.2) is 38.3 Å². The van der Waals surface area contributed by atoms with Crippen LogP contribution in [-0.2, 0) is 17.6 Å². The maximum absolute atomic E-state index is 12.3. The average molecular weight is 369 g/mol. The molecule has 0 aliphatic heterocycles. The van der Waals surface area contributed by atoms with E-state index in [9.17, 15) is 4.79 Å². The first-order valence-electron chi connectivity index (χ1n) is 8.66. The summed E-state index contributed by atoms with van der Waals surface area (Å²) in [6.45, 7) is 4.54. The van der Waals surface area contributed by atoms with E-state index in [0.717, 1.165) is 29.8 Å². The second-order valence-corrected chi connectivity index (χ2v) is 6.96. The van der Waals surface area contributed by atoms with E-state index in [2.05, 4.69) is 32.5 Å². The van der Waals surface area contributed by atoms with Crippen molar-refractivity contribution >= 4 is 23.4 Å². The molecule has 0 radical (unpaired) electrons. The Morgan fingerprint density at radius 1 is 1.19 bits per heavy atom. The maximum Gasteiger partial charge on any atom is 0.253 e. The normalized spacial score (nSPS) is 11.0. The number of benzene rings is 1. The van der Waals surface area contributed by atoms with Gasteiger partial charge in [-0.25, -0.2) is 9.50 Å². The zero-order valence-electron chi connectivity index (χ0n) is 15.3. The average Bonchev–Trinajstić information content (AvgIpc) is 3.06. The van der Waals surface area contributed by atoms with Gasteiger partial charge in [0.15, 0.2) is 0 Å². The summed E-state index contributed by atoms with van der Waals surface area (Å²) in [7, 11) is 0. The third kappa shape index (κ3) is 4.22. The zero-order valence-corrected chi connectivity index (χ0v) is 16.1. The molecular weight excluding hydrogens is 346 g/mol. The SMILES string of the molecule is CSc1nc2nc(C)c(CC(=O)NCCCc3ccccc3)c(C)n2n1. The molecule has 1 N–H and O–H groups in total. The van der Waals surface area contributed by atoms with Crippen molar-refractivity contribution in [3.05, 3.63) is 52.8 Å². The molecule has 0 aliphatic rings. The van der Waals surface area contributed by atoms with E-state index < -0.39 is 0 Å². The molecule has 26 heavy (non-hydrogen) atoms. The molecule has 0 aliphatic carbocycles. The highest BCUT2D eigenvalue weighted by atomic mass is 32.2. The van der Waals surface area contributed by atoms with Crippen molar-refractivity contribution in [3.8, 4) is 0 Å². The van der Waals surface area contributed by atoms with Crippen molar-refractivity contribution < 1.29 is 4.79 Å². The lowest BCUT2D eigenvalue weighted by atomic mass is 10.1. The predicted molar refractivity (Wildman–Crippen MR) is 104 cm³/mol. The number of hydrogen-bond donors (Lipinski definition) is 1. The van der Waals surface area contributed by atoms with Crippen LogP contribution in [0.1, 0.15) is 28.9 Å². The maximum atomic E-state index is 12.3. The molecule has 0 atom stereocenters.